The van der Waals surface area contributed by atoms with E-state index in [4.69, 9.17) is 9.57 Å². The molecule has 1 heterocycles. The van der Waals surface area contributed by atoms with E-state index in [2.05, 4.69) is 26.7 Å². The van der Waals surface area contributed by atoms with E-state index in [1.807, 2.05) is 24.3 Å². The van der Waals surface area contributed by atoms with Crippen LogP contribution in [0.2, 0.25) is 0 Å². The van der Waals surface area contributed by atoms with Crippen molar-refractivity contribution in [3.8, 4) is 5.75 Å². The lowest BCUT2D eigenvalue weighted by Gasteiger charge is -2.36. The summed E-state index contributed by atoms with van der Waals surface area (Å²) >= 11 is 4.37. The normalized spacial score (nSPS) is 23.2. The van der Waals surface area contributed by atoms with Crippen LogP contribution in [0.15, 0.2) is 48.0 Å². The Morgan fingerprint density at radius 1 is 1.03 bits per heavy atom. The van der Waals surface area contributed by atoms with Crippen molar-refractivity contribution in [2.75, 3.05) is 13.7 Å². The smallest absolute Gasteiger partial charge is 0.416 e. The highest BCUT2D eigenvalue weighted by atomic mass is 32.1. The average Bonchev–Trinajstić information content (AvgIpc) is 3.11. The zero-order chi connectivity index (χ0) is 28.0. The summed E-state index contributed by atoms with van der Waals surface area (Å²) in [4.78, 5) is 5.73. The fourth-order valence-electron chi connectivity index (χ4n) is 5.23. The first-order chi connectivity index (χ1) is 17.6. The van der Waals surface area contributed by atoms with Crippen molar-refractivity contribution in [3.05, 3.63) is 70.3 Å². The molecule has 2 aromatic carbocycles. The largest absolute Gasteiger partial charge is 0.496 e. The number of allylic oxidation sites excluding steroid dienone is 1. The van der Waals surface area contributed by atoms with Crippen LogP contribution in [0.5, 0.6) is 5.75 Å². The van der Waals surface area contributed by atoms with Gasteiger partial charge in [-0.2, -0.15) is 31.4 Å². The second kappa shape index (κ2) is 10.4. The Hall–Kier alpha value is -2.21. The highest BCUT2D eigenvalue weighted by molar-refractivity contribution is 7.77. The predicted molar refractivity (Wildman–Crippen MR) is 135 cm³/mol. The van der Waals surface area contributed by atoms with E-state index in [1.54, 1.807) is 19.0 Å². The molecular weight excluding hydrogens is 530 g/mol. The zero-order valence-corrected chi connectivity index (χ0v) is 22.3. The number of halogens is 6. The summed E-state index contributed by atoms with van der Waals surface area (Å²) in [7, 11) is 1.60. The number of thiol groups is 1. The van der Waals surface area contributed by atoms with E-state index >= 15 is 0 Å². The molecule has 1 fully saturated rings. The third-order valence-corrected chi connectivity index (χ3v) is 7.55. The van der Waals surface area contributed by atoms with Crippen LogP contribution in [-0.2, 0) is 17.2 Å². The summed E-state index contributed by atoms with van der Waals surface area (Å²) in [6.45, 7) is 6.37. The minimum Gasteiger partial charge on any atom is -0.496 e. The number of alkyl halides is 6. The van der Waals surface area contributed by atoms with Crippen molar-refractivity contribution in [2.24, 2.45) is 5.41 Å². The Morgan fingerprint density at radius 3 is 2.21 bits per heavy atom. The minimum absolute atomic E-state index is 0.00808. The Labute approximate surface area is 223 Å². The summed E-state index contributed by atoms with van der Waals surface area (Å²) in [6.07, 6.45) is -8.49. The molecule has 4 rings (SSSR count). The molecule has 2 atom stereocenters. The van der Waals surface area contributed by atoms with Crippen molar-refractivity contribution in [2.45, 2.75) is 64.5 Å². The van der Waals surface area contributed by atoms with Gasteiger partial charge in [0, 0.05) is 12.1 Å². The quantitative estimate of drug-likeness (QED) is 0.295. The number of benzene rings is 2. The van der Waals surface area contributed by atoms with Crippen LogP contribution >= 0.6 is 12.8 Å². The number of hydrogen-bond acceptors (Lipinski definition) is 5. The summed E-state index contributed by atoms with van der Waals surface area (Å²) in [6, 6.07) is 8.62. The first kappa shape index (κ1) is 28.8. The molecule has 1 aliphatic carbocycles. The van der Waals surface area contributed by atoms with Crippen molar-refractivity contribution in [3.63, 3.8) is 0 Å². The van der Waals surface area contributed by atoms with Gasteiger partial charge in [-0.3, -0.25) is 4.84 Å². The zero-order valence-electron chi connectivity index (χ0n) is 21.5. The van der Waals surface area contributed by atoms with Crippen LogP contribution in [0.4, 0.5) is 26.3 Å². The van der Waals surface area contributed by atoms with Crippen LogP contribution in [-0.4, -0.2) is 29.3 Å². The molecule has 4 nitrogen and oxygen atoms in total. The molecule has 0 spiro atoms. The fraction of sp³-hybridized carbons (Fsp3) is 0.481. The van der Waals surface area contributed by atoms with Gasteiger partial charge in [0.1, 0.15) is 11.9 Å². The molecule has 0 unspecified atom stereocenters. The third kappa shape index (κ3) is 6.00. The second-order valence-electron chi connectivity index (χ2n) is 10.6. The van der Waals surface area contributed by atoms with Crippen molar-refractivity contribution in [1.29, 1.82) is 0 Å². The van der Waals surface area contributed by atoms with Gasteiger partial charge in [0.15, 0.2) is 0 Å². The van der Waals surface area contributed by atoms with E-state index in [-0.39, 0.29) is 17.0 Å². The molecule has 0 radical (unpaired) electrons. The van der Waals surface area contributed by atoms with Gasteiger partial charge in [-0.05, 0) is 79.8 Å². The molecule has 0 saturated carbocycles. The van der Waals surface area contributed by atoms with Crippen molar-refractivity contribution in [1.82, 2.24) is 9.59 Å². The van der Waals surface area contributed by atoms with Gasteiger partial charge in [-0.25, -0.2) is 0 Å². The van der Waals surface area contributed by atoms with Crippen LogP contribution in [0, 0.1) is 5.41 Å². The van der Waals surface area contributed by atoms with Gasteiger partial charge in [-0.15, -0.1) is 0 Å². The highest BCUT2D eigenvalue weighted by Crippen LogP contribution is 2.47. The molecule has 1 saturated heterocycles. The predicted octanol–water partition coefficient (Wildman–Crippen LogP) is 8.14. The molecule has 0 aromatic heterocycles. The van der Waals surface area contributed by atoms with Crippen molar-refractivity contribution >= 4 is 18.4 Å². The van der Waals surface area contributed by atoms with E-state index in [9.17, 15) is 26.3 Å². The Bertz CT molecular complexity index is 1180. The first-order valence-electron chi connectivity index (χ1n) is 12.2. The number of nitrogens with zero attached hydrogens (tertiary/aromatic N) is 2. The van der Waals surface area contributed by atoms with Crippen LogP contribution in [0.1, 0.15) is 68.4 Å². The SMILES string of the molecule is COc1ccccc1C1=C(CN2[C@@H](C)[C@@H](c3cc(C(F)(F)F)cc(C(F)(F)F)c3)ON2S)CC(C)(C)CC1. The minimum atomic E-state index is -4.94. The number of rotatable bonds is 5. The number of methoxy groups -OCH3 is 1. The molecule has 1 aliphatic heterocycles. The number of hydrogen-bond donors (Lipinski definition) is 1. The number of hydrazine groups is 1. The average molecular weight is 561 g/mol. The Balaban J connectivity index is 1.71. The van der Waals surface area contributed by atoms with E-state index in [1.165, 1.54) is 0 Å². The monoisotopic (exact) mass is 560 g/mol. The molecule has 2 aromatic rings. The maximum absolute atomic E-state index is 13.5. The molecule has 0 amide bonds. The van der Waals surface area contributed by atoms with E-state index in [0.29, 0.717) is 18.7 Å². The summed E-state index contributed by atoms with van der Waals surface area (Å²) < 4.78 is 87.5. The maximum Gasteiger partial charge on any atom is 0.416 e. The molecule has 38 heavy (non-hydrogen) atoms. The van der Waals surface area contributed by atoms with Gasteiger partial charge in [0.05, 0.1) is 24.3 Å². The van der Waals surface area contributed by atoms with Gasteiger partial charge in [0.25, 0.3) is 0 Å². The topological polar surface area (TPSA) is 24.9 Å². The van der Waals surface area contributed by atoms with Crippen molar-refractivity contribution < 1.29 is 35.9 Å². The molecular formula is C27H30F6N2O2S. The summed E-state index contributed by atoms with van der Waals surface area (Å²) in [5, 5.41) is 1.72. The summed E-state index contributed by atoms with van der Waals surface area (Å²) in [5.74, 6) is 0.731. The molecule has 11 heteroatoms. The van der Waals surface area contributed by atoms with Crippen LogP contribution in [0.25, 0.3) is 5.57 Å². The molecule has 0 N–H and O–H groups in total. The van der Waals surface area contributed by atoms with Gasteiger partial charge >= 0.3 is 12.4 Å². The summed E-state index contributed by atoms with van der Waals surface area (Å²) in [5.41, 5.74) is 0.189. The van der Waals surface area contributed by atoms with Crippen LogP contribution in [0.3, 0.4) is 0 Å². The first-order valence-corrected chi connectivity index (χ1v) is 12.6. The highest BCUT2D eigenvalue weighted by Gasteiger charge is 2.43. The number of para-hydroxylation sites is 1. The standard InChI is InChI=1S/C27H30F6N2O2S/c1-16-24(17-11-19(26(28,29)30)13-20(12-17)27(31,32)33)37-35(38)34(16)15-18-14-25(2,3)10-9-21(18)22-7-5-6-8-23(22)36-4/h5-8,11-13,16,24,38H,9-10,14-15H2,1-4H3/t16-,24-/m0/s1. The Morgan fingerprint density at radius 2 is 1.63 bits per heavy atom. The Kier molecular flexibility index (Phi) is 7.88. The third-order valence-electron chi connectivity index (χ3n) is 7.23. The van der Waals surface area contributed by atoms with E-state index in [0.717, 1.165) is 46.3 Å². The van der Waals surface area contributed by atoms with Crippen LogP contribution < -0.4 is 4.74 Å². The maximum atomic E-state index is 13.5. The fourth-order valence-corrected chi connectivity index (χ4v) is 5.56. The lowest BCUT2D eigenvalue weighted by molar-refractivity contribution is -0.149. The lowest BCUT2D eigenvalue weighted by Crippen LogP contribution is -2.38. The van der Waals surface area contributed by atoms with Gasteiger partial charge < -0.3 is 4.74 Å². The van der Waals surface area contributed by atoms with Gasteiger partial charge in [-0.1, -0.05) is 42.2 Å². The molecule has 0 bridgehead atoms. The van der Waals surface area contributed by atoms with E-state index < -0.39 is 35.6 Å². The van der Waals surface area contributed by atoms with Gasteiger partial charge in [0.2, 0.25) is 0 Å². The lowest BCUT2D eigenvalue weighted by atomic mass is 9.72. The number of ether oxygens (including phenoxy) is 1. The molecule has 208 valence electrons. The molecule has 2 aliphatic rings. The second-order valence-corrected chi connectivity index (χ2v) is 10.9.